The molecule has 1 rings (SSSR count). The molecule has 1 aromatic rings. The lowest BCUT2D eigenvalue weighted by atomic mass is 9.85. The van der Waals surface area contributed by atoms with Gasteiger partial charge in [-0.25, -0.2) is 4.39 Å². The zero-order chi connectivity index (χ0) is 12.9. The van der Waals surface area contributed by atoms with Gasteiger partial charge in [0.1, 0.15) is 11.4 Å². The molecule has 0 heterocycles. The van der Waals surface area contributed by atoms with Crippen molar-refractivity contribution in [1.82, 2.24) is 0 Å². The standard InChI is InChI=1S/C13H17FO3/c1-2-3-8-13(17,9-12(15)16)10-4-6-11(14)7-5-10/h4-7,17H,2-3,8-9H2,1H3,(H,15,16). The van der Waals surface area contributed by atoms with Crippen molar-refractivity contribution in [2.45, 2.75) is 38.2 Å². The van der Waals surface area contributed by atoms with Crippen LogP contribution in [0.5, 0.6) is 0 Å². The second-order valence-corrected chi connectivity index (χ2v) is 4.21. The number of unbranched alkanes of at least 4 members (excludes halogenated alkanes) is 1. The number of carbonyl (C=O) groups is 1. The fraction of sp³-hybridized carbons (Fsp3) is 0.462. The van der Waals surface area contributed by atoms with Crippen LogP contribution in [0.3, 0.4) is 0 Å². The largest absolute Gasteiger partial charge is 0.481 e. The average Bonchev–Trinajstić information content (AvgIpc) is 2.26. The Bertz CT molecular complexity index is 375. The van der Waals surface area contributed by atoms with Crippen LogP contribution in [0, 0.1) is 5.82 Å². The highest BCUT2D eigenvalue weighted by Crippen LogP contribution is 2.30. The van der Waals surface area contributed by atoms with Gasteiger partial charge in [0, 0.05) is 0 Å². The van der Waals surface area contributed by atoms with Crippen LogP contribution >= 0.6 is 0 Å². The lowest BCUT2D eigenvalue weighted by Gasteiger charge is -2.27. The van der Waals surface area contributed by atoms with E-state index in [4.69, 9.17) is 5.11 Å². The molecular weight excluding hydrogens is 223 g/mol. The van der Waals surface area contributed by atoms with Crippen LogP contribution in [0.25, 0.3) is 0 Å². The van der Waals surface area contributed by atoms with Crippen molar-refractivity contribution >= 4 is 5.97 Å². The number of carboxylic acid groups (broad SMARTS) is 1. The summed E-state index contributed by atoms with van der Waals surface area (Å²) in [4.78, 5) is 10.8. The smallest absolute Gasteiger partial charge is 0.306 e. The first-order chi connectivity index (χ1) is 7.98. The highest BCUT2D eigenvalue weighted by molar-refractivity contribution is 5.68. The molecule has 0 aliphatic heterocycles. The highest BCUT2D eigenvalue weighted by atomic mass is 19.1. The number of halogens is 1. The first-order valence-electron chi connectivity index (χ1n) is 5.68. The van der Waals surface area contributed by atoms with E-state index >= 15 is 0 Å². The summed E-state index contributed by atoms with van der Waals surface area (Å²) in [6.07, 6.45) is 1.59. The van der Waals surface area contributed by atoms with Crippen LogP contribution in [0.1, 0.15) is 38.2 Å². The third kappa shape index (κ3) is 3.82. The van der Waals surface area contributed by atoms with Crippen molar-refractivity contribution in [3.63, 3.8) is 0 Å². The van der Waals surface area contributed by atoms with Gasteiger partial charge in [0.2, 0.25) is 0 Å². The maximum Gasteiger partial charge on any atom is 0.306 e. The first-order valence-corrected chi connectivity index (χ1v) is 5.68. The van der Waals surface area contributed by atoms with E-state index in [-0.39, 0.29) is 6.42 Å². The van der Waals surface area contributed by atoms with E-state index in [2.05, 4.69) is 0 Å². The van der Waals surface area contributed by atoms with Crippen LogP contribution in [-0.2, 0) is 10.4 Å². The fourth-order valence-electron chi connectivity index (χ4n) is 1.81. The lowest BCUT2D eigenvalue weighted by molar-refractivity contribution is -0.143. The number of aliphatic carboxylic acids is 1. The SMILES string of the molecule is CCCCC(O)(CC(=O)O)c1ccc(F)cc1. The maximum atomic E-state index is 12.8. The molecule has 0 aliphatic carbocycles. The van der Waals surface area contributed by atoms with Gasteiger partial charge in [0.15, 0.2) is 0 Å². The van der Waals surface area contributed by atoms with Crippen molar-refractivity contribution < 1.29 is 19.4 Å². The van der Waals surface area contributed by atoms with E-state index in [0.29, 0.717) is 12.0 Å². The van der Waals surface area contributed by atoms with Gasteiger partial charge in [-0.2, -0.15) is 0 Å². The number of aliphatic hydroxyl groups is 1. The van der Waals surface area contributed by atoms with E-state index in [1.54, 1.807) is 0 Å². The van der Waals surface area contributed by atoms with Gasteiger partial charge < -0.3 is 10.2 Å². The Labute approximate surface area is 99.9 Å². The third-order valence-corrected chi connectivity index (χ3v) is 2.77. The molecule has 1 atom stereocenters. The van der Waals surface area contributed by atoms with Gasteiger partial charge in [-0.05, 0) is 24.1 Å². The molecule has 1 unspecified atom stereocenters. The second kappa shape index (κ2) is 5.77. The lowest BCUT2D eigenvalue weighted by Crippen LogP contribution is -2.29. The average molecular weight is 240 g/mol. The minimum Gasteiger partial charge on any atom is -0.481 e. The summed E-state index contributed by atoms with van der Waals surface area (Å²) in [6, 6.07) is 5.34. The number of hydrogen-bond donors (Lipinski definition) is 2. The van der Waals surface area contributed by atoms with E-state index in [1.165, 1.54) is 24.3 Å². The maximum absolute atomic E-state index is 12.8. The molecule has 3 nitrogen and oxygen atoms in total. The van der Waals surface area contributed by atoms with Gasteiger partial charge in [-0.1, -0.05) is 31.9 Å². The molecule has 0 aliphatic rings. The molecule has 4 heteroatoms. The summed E-state index contributed by atoms with van der Waals surface area (Å²) in [6.45, 7) is 1.96. The van der Waals surface area contributed by atoms with Crippen molar-refractivity contribution in [3.05, 3.63) is 35.6 Å². The van der Waals surface area contributed by atoms with Crippen LogP contribution in [0.15, 0.2) is 24.3 Å². The molecule has 0 spiro atoms. The van der Waals surface area contributed by atoms with Gasteiger partial charge in [0.25, 0.3) is 0 Å². The van der Waals surface area contributed by atoms with Crippen LogP contribution in [-0.4, -0.2) is 16.2 Å². The Hall–Kier alpha value is -1.42. The zero-order valence-corrected chi connectivity index (χ0v) is 9.82. The summed E-state index contributed by atoms with van der Waals surface area (Å²) in [7, 11) is 0. The van der Waals surface area contributed by atoms with Gasteiger partial charge in [0.05, 0.1) is 6.42 Å². The monoisotopic (exact) mass is 240 g/mol. The summed E-state index contributed by atoms with van der Waals surface area (Å²) >= 11 is 0. The van der Waals surface area contributed by atoms with Crippen molar-refractivity contribution in [3.8, 4) is 0 Å². The number of benzene rings is 1. The predicted molar refractivity (Wildman–Crippen MR) is 62.1 cm³/mol. The molecule has 94 valence electrons. The number of carboxylic acids is 1. The Morgan fingerprint density at radius 1 is 1.35 bits per heavy atom. The predicted octanol–water partition coefficient (Wildman–Crippen LogP) is 2.68. The van der Waals surface area contributed by atoms with Crippen molar-refractivity contribution in [2.24, 2.45) is 0 Å². The van der Waals surface area contributed by atoms with Gasteiger partial charge in [-0.15, -0.1) is 0 Å². The Morgan fingerprint density at radius 2 is 1.94 bits per heavy atom. The Morgan fingerprint density at radius 3 is 2.41 bits per heavy atom. The van der Waals surface area contributed by atoms with E-state index in [9.17, 15) is 14.3 Å². The first kappa shape index (κ1) is 13.6. The summed E-state index contributed by atoms with van der Waals surface area (Å²) in [5, 5.41) is 19.2. The Kier molecular flexibility index (Phi) is 4.63. The van der Waals surface area contributed by atoms with E-state index in [0.717, 1.165) is 12.8 Å². The van der Waals surface area contributed by atoms with Crippen LogP contribution in [0.4, 0.5) is 4.39 Å². The molecule has 0 aromatic heterocycles. The van der Waals surface area contributed by atoms with Crippen molar-refractivity contribution in [2.75, 3.05) is 0 Å². The van der Waals surface area contributed by atoms with Crippen LogP contribution in [0.2, 0.25) is 0 Å². The molecule has 0 amide bonds. The third-order valence-electron chi connectivity index (χ3n) is 2.77. The molecular formula is C13H17FO3. The Balaban J connectivity index is 2.95. The molecule has 1 aromatic carbocycles. The molecule has 17 heavy (non-hydrogen) atoms. The number of hydrogen-bond acceptors (Lipinski definition) is 2. The fourth-order valence-corrected chi connectivity index (χ4v) is 1.81. The zero-order valence-electron chi connectivity index (χ0n) is 9.82. The van der Waals surface area contributed by atoms with Crippen LogP contribution < -0.4 is 0 Å². The molecule has 0 saturated heterocycles. The molecule has 2 N–H and O–H groups in total. The minimum absolute atomic E-state index is 0.362. The summed E-state index contributed by atoms with van der Waals surface area (Å²) in [5.41, 5.74) is -0.954. The summed E-state index contributed by atoms with van der Waals surface area (Å²) in [5.74, 6) is -1.46. The summed E-state index contributed by atoms with van der Waals surface area (Å²) < 4.78 is 12.8. The molecule has 0 fully saturated rings. The molecule has 0 radical (unpaired) electrons. The second-order valence-electron chi connectivity index (χ2n) is 4.21. The van der Waals surface area contributed by atoms with Gasteiger partial charge in [-0.3, -0.25) is 4.79 Å². The topological polar surface area (TPSA) is 57.5 Å². The highest BCUT2D eigenvalue weighted by Gasteiger charge is 2.31. The van der Waals surface area contributed by atoms with Crippen molar-refractivity contribution in [1.29, 1.82) is 0 Å². The van der Waals surface area contributed by atoms with Gasteiger partial charge >= 0.3 is 5.97 Å². The van der Waals surface area contributed by atoms with E-state index in [1.807, 2.05) is 6.92 Å². The molecule has 0 bridgehead atoms. The normalized spacial score (nSPS) is 14.3. The minimum atomic E-state index is -1.41. The quantitative estimate of drug-likeness (QED) is 0.803. The number of rotatable bonds is 6. The molecule has 0 saturated carbocycles. The van der Waals surface area contributed by atoms with E-state index < -0.39 is 17.4 Å².